The highest BCUT2D eigenvalue weighted by Crippen LogP contribution is 2.32. The van der Waals surface area contributed by atoms with Crippen LogP contribution in [0.2, 0.25) is 0 Å². The van der Waals surface area contributed by atoms with E-state index in [1.807, 2.05) is 19.1 Å². The SMILES string of the molecule is Cc1cc(Br)c(NC(=O)CN(C)CC(C)C(=O)O)c(Br)c1. The lowest BCUT2D eigenvalue weighted by Gasteiger charge is -2.19. The number of amides is 1. The molecule has 0 heterocycles. The summed E-state index contributed by atoms with van der Waals surface area (Å²) in [5.74, 6) is -1.58. The second-order valence-electron chi connectivity index (χ2n) is 5.09. The standard InChI is InChI=1S/C14H18Br2N2O3/c1-8-4-10(15)13(11(16)5-8)17-12(19)7-18(3)6-9(2)14(20)21/h4-5,9H,6-7H2,1-3H3,(H,17,19)(H,20,21). The van der Waals surface area contributed by atoms with Crippen molar-refractivity contribution >= 4 is 49.4 Å². The molecule has 0 spiro atoms. The summed E-state index contributed by atoms with van der Waals surface area (Å²) < 4.78 is 1.59. The smallest absolute Gasteiger partial charge is 0.307 e. The molecular formula is C14H18Br2N2O3. The molecule has 1 atom stereocenters. The predicted octanol–water partition coefficient (Wildman–Crippen LogP) is 3.11. The van der Waals surface area contributed by atoms with Crippen molar-refractivity contribution in [1.82, 2.24) is 4.90 Å². The molecule has 0 bridgehead atoms. The van der Waals surface area contributed by atoms with Gasteiger partial charge in [-0.05, 0) is 63.5 Å². The van der Waals surface area contributed by atoms with E-state index in [0.29, 0.717) is 12.2 Å². The number of aliphatic carboxylic acids is 1. The average molecular weight is 422 g/mol. The summed E-state index contributed by atoms with van der Waals surface area (Å²) >= 11 is 6.83. The lowest BCUT2D eigenvalue weighted by molar-refractivity contribution is -0.141. The van der Waals surface area contributed by atoms with Gasteiger partial charge in [0.05, 0.1) is 18.2 Å². The maximum Gasteiger partial charge on any atom is 0.307 e. The number of aryl methyl sites for hydroxylation is 1. The number of hydrogen-bond acceptors (Lipinski definition) is 3. The van der Waals surface area contributed by atoms with E-state index in [1.54, 1.807) is 18.9 Å². The number of anilines is 1. The number of carboxylic acids is 1. The van der Waals surface area contributed by atoms with Gasteiger partial charge >= 0.3 is 5.97 Å². The molecule has 7 heteroatoms. The van der Waals surface area contributed by atoms with E-state index in [1.165, 1.54) is 0 Å². The first-order valence-electron chi connectivity index (χ1n) is 6.37. The Hall–Kier alpha value is -0.920. The zero-order valence-corrected chi connectivity index (χ0v) is 15.3. The summed E-state index contributed by atoms with van der Waals surface area (Å²) in [4.78, 5) is 24.5. The number of likely N-dealkylation sites (N-methyl/N-ethyl adjacent to an activating group) is 1. The summed E-state index contributed by atoms with van der Waals surface area (Å²) in [6, 6.07) is 3.83. The van der Waals surface area contributed by atoms with Gasteiger partial charge in [-0.25, -0.2) is 0 Å². The lowest BCUT2D eigenvalue weighted by atomic mass is 10.2. The van der Waals surface area contributed by atoms with Crippen LogP contribution in [0.25, 0.3) is 0 Å². The van der Waals surface area contributed by atoms with Gasteiger partial charge in [0.2, 0.25) is 5.91 Å². The van der Waals surface area contributed by atoms with Gasteiger partial charge in [-0.3, -0.25) is 14.5 Å². The number of hydrogen-bond donors (Lipinski definition) is 2. The van der Waals surface area contributed by atoms with Crippen molar-refractivity contribution in [3.8, 4) is 0 Å². The fourth-order valence-corrected chi connectivity index (χ4v) is 3.47. The Morgan fingerprint density at radius 1 is 1.33 bits per heavy atom. The van der Waals surface area contributed by atoms with Crippen LogP contribution in [0.15, 0.2) is 21.1 Å². The molecule has 1 rings (SSSR count). The highest BCUT2D eigenvalue weighted by molar-refractivity contribution is 9.11. The zero-order chi connectivity index (χ0) is 16.2. The van der Waals surface area contributed by atoms with E-state index in [2.05, 4.69) is 37.2 Å². The number of nitrogens with zero attached hydrogens (tertiary/aromatic N) is 1. The third-order valence-electron chi connectivity index (χ3n) is 2.87. The van der Waals surface area contributed by atoms with Gasteiger partial charge in [-0.15, -0.1) is 0 Å². The normalized spacial score (nSPS) is 12.3. The number of carboxylic acid groups (broad SMARTS) is 1. The molecule has 1 unspecified atom stereocenters. The van der Waals surface area contributed by atoms with Gasteiger partial charge < -0.3 is 10.4 Å². The minimum atomic E-state index is -0.869. The van der Waals surface area contributed by atoms with Crippen molar-refractivity contribution in [3.05, 3.63) is 26.6 Å². The van der Waals surface area contributed by atoms with Gasteiger partial charge in [-0.2, -0.15) is 0 Å². The molecule has 5 nitrogen and oxygen atoms in total. The number of nitrogens with one attached hydrogen (secondary N) is 1. The van der Waals surface area contributed by atoms with Crippen LogP contribution in [0.3, 0.4) is 0 Å². The fourth-order valence-electron chi connectivity index (χ4n) is 1.85. The van der Waals surface area contributed by atoms with Gasteiger partial charge in [0.15, 0.2) is 0 Å². The number of carbonyl (C=O) groups is 2. The van der Waals surface area contributed by atoms with E-state index < -0.39 is 11.9 Å². The van der Waals surface area contributed by atoms with Crippen LogP contribution in [0.5, 0.6) is 0 Å². The topological polar surface area (TPSA) is 69.6 Å². The third kappa shape index (κ3) is 5.76. The van der Waals surface area contributed by atoms with Gasteiger partial charge in [-0.1, -0.05) is 6.92 Å². The molecule has 0 saturated heterocycles. The number of halogens is 2. The Bertz CT molecular complexity index is 526. The van der Waals surface area contributed by atoms with E-state index in [-0.39, 0.29) is 12.5 Å². The quantitative estimate of drug-likeness (QED) is 0.740. The maximum atomic E-state index is 12.0. The molecule has 1 aromatic rings. The first-order chi connectivity index (χ1) is 9.70. The van der Waals surface area contributed by atoms with Crippen molar-refractivity contribution in [2.75, 3.05) is 25.5 Å². The van der Waals surface area contributed by atoms with Crippen LogP contribution in [-0.4, -0.2) is 42.0 Å². The van der Waals surface area contributed by atoms with Gasteiger partial charge in [0.25, 0.3) is 0 Å². The van der Waals surface area contributed by atoms with Crippen LogP contribution in [0.1, 0.15) is 12.5 Å². The van der Waals surface area contributed by atoms with E-state index >= 15 is 0 Å². The first-order valence-corrected chi connectivity index (χ1v) is 7.96. The molecule has 0 aromatic heterocycles. The monoisotopic (exact) mass is 420 g/mol. The largest absolute Gasteiger partial charge is 0.481 e. The highest BCUT2D eigenvalue weighted by atomic mass is 79.9. The minimum Gasteiger partial charge on any atom is -0.481 e. The Balaban J connectivity index is 2.64. The molecule has 116 valence electrons. The van der Waals surface area contributed by atoms with Crippen molar-refractivity contribution in [1.29, 1.82) is 0 Å². The number of carbonyl (C=O) groups excluding carboxylic acids is 1. The van der Waals surface area contributed by atoms with Crippen molar-refractivity contribution in [2.24, 2.45) is 5.92 Å². The predicted molar refractivity (Wildman–Crippen MR) is 89.5 cm³/mol. The second kappa shape index (κ2) is 7.91. The average Bonchev–Trinajstić information content (AvgIpc) is 2.33. The van der Waals surface area contributed by atoms with E-state index in [0.717, 1.165) is 14.5 Å². The second-order valence-corrected chi connectivity index (χ2v) is 6.80. The Morgan fingerprint density at radius 3 is 2.33 bits per heavy atom. The number of rotatable bonds is 6. The van der Waals surface area contributed by atoms with Crippen molar-refractivity contribution in [3.63, 3.8) is 0 Å². The molecule has 0 fully saturated rings. The molecule has 21 heavy (non-hydrogen) atoms. The maximum absolute atomic E-state index is 12.0. The number of benzene rings is 1. The van der Waals surface area contributed by atoms with E-state index in [4.69, 9.17) is 5.11 Å². The molecule has 1 amide bonds. The van der Waals surface area contributed by atoms with Crippen LogP contribution >= 0.6 is 31.9 Å². The molecule has 0 saturated carbocycles. The van der Waals surface area contributed by atoms with E-state index in [9.17, 15) is 9.59 Å². The highest BCUT2D eigenvalue weighted by Gasteiger charge is 2.16. The van der Waals surface area contributed by atoms with Crippen LogP contribution < -0.4 is 5.32 Å². The van der Waals surface area contributed by atoms with Crippen molar-refractivity contribution in [2.45, 2.75) is 13.8 Å². The molecular weight excluding hydrogens is 404 g/mol. The van der Waals surface area contributed by atoms with Gasteiger partial charge in [0.1, 0.15) is 0 Å². The molecule has 0 radical (unpaired) electrons. The summed E-state index contributed by atoms with van der Waals surface area (Å²) in [5.41, 5.74) is 1.74. The van der Waals surface area contributed by atoms with Crippen molar-refractivity contribution < 1.29 is 14.7 Å². The van der Waals surface area contributed by atoms with Crippen LogP contribution in [0, 0.1) is 12.8 Å². The summed E-state index contributed by atoms with van der Waals surface area (Å²) in [6.45, 7) is 4.02. The molecule has 0 aliphatic carbocycles. The molecule has 2 N–H and O–H groups in total. The van der Waals surface area contributed by atoms with Crippen LogP contribution in [-0.2, 0) is 9.59 Å². The zero-order valence-electron chi connectivity index (χ0n) is 12.1. The Kier molecular flexibility index (Phi) is 6.83. The third-order valence-corrected chi connectivity index (χ3v) is 4.12. The summed E-state index contributed by atoms with van der Waals surface area (Å²) in [6.07, 6.45) is 0. The lowest BCUT2D eigenvalue weighted by Crippen LogP contribution is -2.35. The van der Waals surface area contributed by atoms with Crippen LogP contribution in [0.4, 0.5) is 5.69 Å². The fraction of sp³-hybridized carbons (Fsp3) is 0.429. The molecule has 0 aliphatic rings. The molecule has 1 aromatic carbocycles. The van der Waals surface area contributed by atoms with Gasteiger partial charge in [0, 0.05) is 15.5 Å². The molecule has 0 aliphatic heterocycles. The first kappa shape index (κ1) is 18.1. The Labute approximate surface area is 141 Å². The Morgan fingerprint density at radius 2 is 1.86 bits per heavy atom. The summed E-state index contributed by atoms with van der Waals surface area (Å²) in [7, 11) is 1.72. The summed E-state index contributed by atoms with van der Waals surface area (Å²) in [5, 5.41) is 11.7. The minimum absolute atomic E-state index is 0.129.